The molecule has 0 radical (unpaired) electrons. The van der Waals surface area contributed by atoms with E-state index in [0.29, 0.717) is 13.0 Å². The second kappa shape index (κ2) is 6.48. The number of carbonyl (C=O) groups is 2. The van der Waals surface area contributed by atoms with Crippen molar-refractivity contribution in [3.63, 3.8) is 0 Å². The van der Waals surface area contributed by atoms with Crippen LogP contribution in [0.1, 0.15) is 32.6 Å². The van der Waals surface area contributed by atoms with Crippen LogP contribution in [0.25, 0.3) is 0 Å². The maximum absolute atomic E-state index is 11.5. The van der Waals surface area contributed by atoms with Crippen molar-refractivity contribution in [3.8, 4) is 0 Å². The number of ether oxygens (including phenoxy) is 1. The first-order valence-corrected chi connectivity index (χ1v) is 5.77. The third-order valence-corrected chi connectivity index (χ3v) is 2.73. The van der Waals surface area contributed by atoms with Gasteiger partial charge in [-0.15, -0.1) is 0 Å². The van der Waals surface area contributed by atoms with E-state index in [1.165, 1.54) is 0 Å². The fourth-order valence-corrected chi connectivity index (χ4v) is 1.78. The van der Waals surface area contributed by atoms with E-state index in [-0.39, 0.29) is 18.6 Å². The molecule has 1 rings (SSSR count). The van der Waals surface area contributed by atoms with Crippen molar-refractivity contribution in [3.05, 3.63) is 0 Å². The monoisotopic (exact) mass is 229 g/mol. The SMILES string of the molecule is CCCC(CNC(=O)C1CCCO1)C(=O)O. The second-order valence-corrected chi connectivity index (χ2v) is 4.07. The van der Waals surface area contributed by atoms with Gasteiger partial charge in [0.15, 0.2) is 0 Å². The van der Waals surface area contributed by atoms with E-state index in [1.54, 1.807) is 0 Å². The molecular formula is C11H19NO4. The number of carboxylic acids is 1. The molecule has 0 aliphatic carbocycles. The predicted molar refractivity (Wildman–Crippen MR) is 58.0 cm³/mol. The Kier molecular flexibility index (Phi) is 5.25. The lowest BCUT2D eigenvalue weighted by Gasteiger charge is -2.14. The summed E-state index contributed by atoms with van der Waals surface area (Å²) in [5, 5.41) is 11.5. The van der Waals surface area contributed by atoms with Crippen LogP contribution in [0.2, 0.25) is 0 Å². The van der Waals surface area contributed by atoms with E-state index < -0.39 is 11.9 Å². The quantitative estimate of drug-likeness (QED) is 0.705. The smallest absolute Gasteiger partial charge is 0.308 e. The van der Waals surface area contributed by atoms with Crippen LogP contribution in [0.5, 0.6) is 0 Å². The third-order valence-electron chi connectivity index (χ3n) is 2.73. The van der Waals surface area contributed by atoms with Gasteiger partial charge >= 0.3 is 5.97 Å². The highest BCUT2D eigenvalue weighted by atomic mass is 16.5. The highest BCUT2D eigenvalue weighted by Gasteiger charge is 2.25. The first kappa shape index (κ1) is 13.0. The average Bonchev–Trinajstić information content (AvgIpc) is 2.76. The van der Waals surface area contributed by atoms with Crippen molar-refractivity contribution in [2.75, 3.05) is 13.2 Å². The number of carbonyl (C=O) groups excluding carboxylic acids is 1. The normalized spacial score (nSPS) is 21.7. The molecule has 2 atom stereocenters. The van der Waals surface area contributed by atoms with Crippen molar-refractivity contribution in [1.29, 1.82) is 0 Å². The minimum absolute atomic E-state index is 0.181. The summed E-state index contributed by atoms with van der Waals surface area (Å²) >= 11 is 0. The fraction of sp³-hybridized carbons (Fsp3) is 0.818. The van der Waals surface area contributed by atoms with Gasteiger partial charge in [-0.2, -0.15) is 0 Å². The van der Waals surface area contributed by atoms with E-state index in [2.05, 4.69) is 5.32 Å². The number of carboxylic acid groups (broad SMARTS) is 1. The predicted octanol–water partition coefficient (Wildman–Crippen LogP) is 0.782. The van der Waals surface area contributed by atoms with Crippen LogP contribution in [0.15, 0.2) is 0 Å². The molecule has 1 fully saturated rings. The van der Waals surface area contributed by atoms with Crippen LogP contribution in [0.3, 0.4) is 0 Å². The molecule has 5 heteroatoms. The minimum atomic E-state index is -0.852. The van der Waals surface area contributed by atoms with Gasteiger partial charge in [-0.1, -0.05) is 13.3 Å². The molecule has 1 aliphatic rings. The van der Waals surface area contributed by atoms with E-state index >= 15 is 0 Å². The summed E-state index contributed by atoms with van der Waals surface area (Å²) in [5.74, 6) is -1.52. The maximum Gasteiger partial charge on any atom is 0.308 e. The molecular weight excluding hydrogens is 210 g/mol. The van der Waals surface area contributed by atoms with Gasteiger partial charge in [-0.3, -0.25) is 9.59 Å². The second-order valence-electron chi connectivity index (χ2n) is 4.07. The summed E-state index contributed by atoms with van der Waals surface area (Å²) in [4.78, 5) is 22.4. The summed E-state index contributed by atoms with van der Waals surface area (Å²) in [6.07, 6.45) is 2.64. The van der Waals surface area contributed by atoms with Crippen molar-refractivity contribution >= 4 is 11.9 Å². The Morgan fingerprint density at radius 3 is 2.81 bits per heavy atom. The lowest BCUT2D eigenvalue weighted by atomic mass is 10.0. The Morgan fingerprint density at radius 1 is 1.56 bits per heavy atom. The molecule has 0 aromatic carbocycles. The minimum Gasteiger partial charge on any atom is -0.481 e. The molecule has 0 aromatic heterocycles. The number of nitrogens with one attached hydrogen (secondary N) is 1. The Bertz CT molecular complexity index is 248. The van der Waals surface area contributed by atoms with Crippen molar-refractivity contribution in [1.82, 2.24) is 5.32 Å². The summed E-state index contributed by atoms with van der Waals surface area (Å²) in [5.41, 5.74) is 0. The Morgan fingerprint density at radius 2 is 2.31 bits per heavy atom. The Hall–Kier alpha value is -1.10. The lowest BCUT2D eigenvalue weighted by molar-refractivity contribution is -0.142. The summed E-state index contributed by atoms with van der Waals surface area (Å²) in [6, 6.07) is 0. The molecule has 0 aromatic rings. The number of hydrogen-bond acceptors (Lipinski definition) is 3. The largest absolute Gasteiger partial charge is 0.481 e. The molecule has 16 heavy (non-hydrogen) atoms. The van der Waals surface area contributed by atoms with E-state index in [4.69, 9.17) is 9.84 Å². The molecule has 0 spiro atoms. The molecule has 1 heterocycles. The first-order chi connectivity index (χ1) is 7.65. The molecule has 5 nitrogen and oxygen atoms in total. The van der Waals surface area contributed by atoms with Crippen LogP contribution < -0.4 is 5.32 Å². The summed E-state index contributed by atoms with van der Waals surface area (Å²) in [7, 11) is 0. The van der Waals surface area contributed by atoms with Gasteiger partial charge in [0.2, 0.25) is 5.91 Å². The van der Waals surface area contributed by atoms with E-state index in [1.807, 2.05) is 6.92 Å². The fourth-order valence-electron chi connectivity index (χ4n) is 1.78. The molecule has 0 saturated carbocycles. The van der Waals surface area contributed by atoms with Gasteiger partial charge in [0.05, 0.1) is 5.92 Å². The number of amides is 1. The van der Waals surface area contributed by atoms with Gasteiger partial charge in [0.1, 0.15) is 6.10 Å². The first-order valence-electron chi connectivity index (χ1n) is 5.77. The van der Waals surface area contributed by atoms with Crippen LogP contribution in [0, 0.1) is 5.92 Å². The molecule has 92 valence electrons. The molecule has 1 amide bonds. The Balaban J connectivity index is 2.30. The van der Waals surface area contributed by atoms with Crippen LogP contribution in [-0.4, -0.2) is 36.2 Å². The Labute approximate surface area is 95.2 Å². The third kappa shape index (κ3) is 3.81. The highest BCUT2D eigenvalue weighted by molar-refractivity contribution is 5.81. The van der Waals surface area contributed by atoms with Gasteiger partial charge in [-0.25, -0.2) is 0 Å². The summed E-state index contributed by atoms with van der Waals surface area (Å²) < 4.78 is 5.21. The topological polar surface area (TPSA) is 75.6 Å². The average molecular weight is 229 g/mol. The van der Waals surface area contributed by atoms with Crippen molar-refractivity contribution < 1.29 is 19.4 Å². The number of rotatable bonds is 6. The zero-order valence-corrected chi connectivity index (χ0v) is 9.57. The summed E-state index contributed by atoms with van der Waals surface area (Å²) in [6.45, 7) is 2.75. The maximum atomic E-state index is 11.5. The van der Waals surface area contributed by atoms with Crippen molar-refractivity contribution in [2.45, 2.75) is 38.7 Å². The number of aliphatic carboxylic acids is 1. The lowest BCUT2D eigenvalue weighted by Crippen LogP contribution is -2.38. The van der Waals surface area contributed by atoms with E-state index in [0.717, 1.165) is 19.3 Å². The number of hydrogen-bond donors (Lipinski definition) is 2. The van der Waals surface area contributed by atoms with Gasteiger partial charge in [-0.05, 0) is 19.3 Å². The van der Waals surface area contributed by atoms with Crippen LogP contribution in [0.4, 0.5) is 0 Å². The molecule has 0 bridgehead atoms. The zero-order chi connectivity index (χ0) is 12.0. The van der Waals surface area contributed by atoms with Gasteiger partial charge in [0, 0.05) is 13.2 Å². The molecule has 1 saturated heterocycles. The zero-order valence-electron chi connectivity index (χ0n) is 9.57. The van der Waals surface area contributed by atoms with E-state index in [9.17, 15) is 9.59 Å². The van der Waals surface area contributed by atoms with Gasteiger partial charge in [0.25, 0.3) is 0 Å². The van der Waals surface area contributed by atoms with Crippen molar-refractivity contribution in [2.24, 2.45) is 5.92 Å². The molecule has 1 aliphatic heterocycles. The molecule has 2 unspecified atom stereocenters. The van der Waals surface area contributed by atoms with Crippen LogP contribution in [-0.2, 0) is 14.3 Å². The van der Waals surface area contributed by atoms with Gasteiger partial charge < -0.3 is 15.2 Å². The van der Waals surface area contributed by atoms with Crippen LogP contribution >= 0.6 is 0 Å². The highest BCUT2D eigenvalue weighted by Crippen LogP contribution is 2.12. The molecule has 2 N–H and O–H groups in total. The standard InChI is InChI=1S/C11H19NO4/c1-2-4-8(11(14)15)7-12-10(13)9-5-3-6-16-9/h8-9H,2-7H2,1H3,(H,12,13)(H,14,15).